The largest absolute Gasteiger partial charge is 0.309 e. The Morgan fingerprint density at radius 2 is 1.83 bits per heavy atom. The first-order valence-corrected chi connectivity index (χ1v) is 10.7. The maximum atomic E-state index is 12.5. The zero-order valence-corrected chi connectivity index (χ0v) is 17.2. The lowest BCUT2D eigenvalue weighted by Crippen LogP contribution is -2.52. The molecule has 0 spiro atoms. The van der Waals surface area contributed by atoms with Gasteiger partial charge < -0.3 is 4.90 Å². The Morgan fingerprint density at radius 3 is 2.57 bits per heavy atom. The number of carbonyl (C=O) groups is 1. The molecule has 1 fully saturated rings. The maximum Gasteiger partial charge on any atom is 0.224 e. The predicted molar refractivity (Wildman–Crippen MR) is 119 cm³/mol. The van der Waals surface area contributed by atoms with Gasteiger partial charge in [0.2, 0.25) is 5.91 Å². The highest BCUT2D eigenvalue weighted by Gasteiger charge is 2.39. The van der Waals surface area contributed by atoms with E-state index in [2.05, 4.69) is 47.4 Å². The fourth-order valence-electron chi connectivity index (χ4n) is 5.45. The second-order valence-corrected chi connectivity index (χ2v) is 8.37. The first-order valence-electron chi connectivity index (χ1n) is 10.7. The van der Waals surface area contributed by atoms with Crippen molar-refractivity contribution in [2.75, 3.05) is 11.4 Å². The molecule has 3 unspecified atom stereocenters. The minimum atomic E-state index is -0.205. The van der Waals surface area contributed by atoms with Gasteiger partial charge in [0.25, 0.3) is 0 Å². The minimum Gasteiger partial charge on any atom is -0.309 e. The van der Waals surface area contributed by atoms with Gasteiger partial charge in [0.1, 0.15) is 6.04 Å². The van der Waals surface area contributed by atoms with Crippen LogP contribution in [0, 0.1) is 11.3 Å². The summed E-state index contributed by atoms with van der Waals surface area (Å²) in [5.74, 6) is 0.0365. The number of amides is 1. The van der Waals surface area contributed by atoms with Gasteiger partial charge in [-0.3, -0.25) is 9.69 Å². The number of hydrogen-bond acceptors (Lipinski definition) is 3. The summed E-state index contributed by atoms with van der Waals surface area (Å²) in [4.78, 5) is 16.7. The lowest BCUT2D eigenvalue weighted by Gasteiger charge is -2.43. The monoisotopic (exact) mass is 395 g/mol. The van der Waals surface area contributed by atoms with E-state index in [4.69, 9.17) is 0 Å². The molecule has 0 bridgehead atoms. The molecule has 2 aliphatic rings. The third-order valence-electron chi connectivity index (χ3n) is 6.70. The predicted octanol–water partition coefficient (Wildman–Crippen LogP) is 4.85. The van der Waals surface area contributed by atoms with Gasteiger partial charge in [0, 0.05) is 31.2 Å². The molecule has 3 aromatic rings. The Morgan fingerprint density at radius 1 is 1.07 bits per heavy atom. The van der Waals surface area contributed by atoms with Gasteiger partial charge in [0.15, 0.2) is 0 Å². The van der Waals surface area contributed by atoms with Gasteiger partial charge in [-0.05, 0) is 53.3 Å². The Balaban J connectivity index is 1.43. The van der Waals surface area contributed by atoms with Crippen LogP contribution < -0.4 is 4.90 Å². The van der Waals surface area contributed by atoms with Crippen LogP contribution in [0.3, 0.4) is 0 Å². The zero-order valence-electron chi connectivity index (χ0n) is 17.2. The summed E-state index contributed by atoms with van der Waals surface area (Å²) >= 11 is 0. The second-order valence-electron chi connectivity index (χ2n) is 8.37. The molecule has 0 N–H and O–H groups in total. The molecule has 3 aromatic carbocycles. The second kappa shape index (κ2) is 7.59. The Hall–Kier alpha value is -3.16. The van der Waals surface area contributed by atoms with Gasteiger partial charge in [0.05, 0.1) is 6.07 Å². The molecule has 1 heterocycles. The maximum absolute atomic E-state index is 12.5. The van der Waals surface area contributed by atoms with Crippen LogP contribution in [0.1, 0.15) is 36.9 Å². The third kappa shape index (κ3) is 3.07. The molecule has 4 heteroatoms. The molecule has 0 aromatic heterocycles. The number of anilines is 1. The molecule has 5 rings (SSSR count). The first-order chi connectivity index (χ1) is 14.7. The standard InChI is InChI=1S/C26H25N3O/c1-18(30)29(21-10-3-2-4-11-21)22-13-14-28(23(16-22)17-27)25-15-20-9-5-7-19-8-6-12-24(25)26(19)20/h2-12,22-23,25H,13-16H2,1H3. The van der Waals surface area contributed by atoms with Crippen LogP contribution in [-0.2, 0) is 11.2 Å². The van der Waals surface area contributed by atoms with Crippen molar-refractivity contribution < 1.29 is 4.79 Å². The van der Waals surface area contributed by atoms with E-state index in [1.165, 1.54) is 21.9 Å². The Kier molecular flexibility index (Phi) is 4.77. The average Bonchev–Trinajstić information content (AvgIpc) is 3.15. The smallest absolute Gasteiger partial charge is 0.224 e. The van der Waals surface area contributed by atoms with E-state index < -0.39 is 0 Å². The summed E-state index contributed by atoms with van der Waals surface area (Å²) in [5.41, 5.74) is 3.63. The summed E-state index contributed by atoms with van der Waals surface area (Å²) in [6.45, 7) is 2.43. The van der Waals surface area contributed by atoms with E-state index in [9.17, 15) is 10.1 Å². The molecule has 30 heavy (non-hydrogen) atoms. The molecule has 3 atom stereocenters. The number of likely N-dealkylation sites (tertiary alicyclic amines) is 1. The molecule has 1 amide bonds. The van der Waals surface area contributed by atoms with Crippen LogP contribution in [0.2, 0.25) is 0 Å². The molecule has 150 valence electrons. The molecular formula is C26H25N3O. The van der Waals surface area contributed by atoms with Crippen molar-refractivity contribution in [3.05, 3.63) is 77.9 Å². The number of hydrogen-bond donors (Lipinski definition) is 0. The Labute approximate surface area is 177 Å². The minimum absolute atomic E-state index is 0.0365. The summed E-state index contributed by atoms with van der Waals surface area (Å²) in [6, 6.07) is 25.5. The number of nitrogens with zero attached hydrogens (tertiary/aromatic N) is 3. The van der Waals surface area contributed by atoms with E-state index in [0.29, 0.717) is 6.42 Å². The van der Waals surface area contributed by atoms with Crippen LogP contribution in [-0.4, -0.2) is 29.4 Å². The summed E-state index contributed by atoms with van der Waals surface area (Å²) in [6.07, 6.45) is 2.50. The van der Waals surface area contributed by atoms with Crippen molar-refractivity contribution in [1.82, 2.24) is 4.90 Å². The molecule has 0 radical (unpaired) electrons. The van der Waals surface area contributed by atoms with Crippen molar-refractivity contribution in [3.8, 4) is 6.07 Å². The highest BCUT2D eigenvalue weighted by molar-refractivity contribution is 5.92. The molecule has 0 saturated carbocycles. The van der Waals surface area contributed by atoms with Gasteiger partial charge in [-0.15, -0.1) is 0 Å². The van der Waals surface area contributed by atoms with Gasteiger partial charge in [-0.25, -0.2) is 0 Å². The highest BCUT2D eigenvalue weighted by Crippen LogP contribution is 2.42. The van der Waals surface area contributed by atoms with Crippen LogP contribution in [0.15, 0.2) is 66.7 Å². The van der Waals surface area contributed by atoms with Crippen molar-refractivity contribution in [2.45, 2.75) is 44.3 Å². The van der Waals surface area contributed by atoms with E-state index >= 15 is 0 Å². The fourth-order valence-corrected chi connectivity index (χ4v) is 5.45. The van der Waals surface area contributed by atoms with E-state index in [0.717, 1.165) is 25.1 Å². The van der Waals surface area contributed by atoms with E-state index in [1.807, 2.05) is 35.2 Å². The van der Waals surface area contributed by atoms with Crippen LogP contribution in [0.4, 0.5) is 5.69 Å². The molecular weight excluding hydrogens is 370 g/mol. The van der Waals surface area contributed by atoms with E-state index in [-0.39, 0.29) is 24.0 Å². The SMILES string of the molecule is CC(=O)N(c1ccccc1)C1CCN(C2Cc3cccc4cccc2c34)C(C#N)C1. The summed E-state index contributed by atoms with van der Waals surface area (Å²) in [5, 5.41) is 12.7. The lowest BCUT2D eigenvalue weighted by atomic mass is 9.92. The van der Waals surface area contributed by atoms with Gasteiger partial charge in [-0.1, -0.05) is 54.6 Å². The number of benzene rings is 3. The Bertz CT molecular complexity index is 1130. The van der Waals surface area contributed by atoms with Crippen LogP contribution in [0.25, 0.3) is 10.8 Å². The topological polar surface area (TPSA) is 47.3 Å². The van der Waals surface area contributed by atoms with Gasteiger partial charge >= 0.3 is 0 Å². The quantitative estimate of drug-likeness (QED) is 0.637. The number of piperidine rings is 1. The number of nitriles is 1. The van der Waals surface area contributed by atoms with Gasteiger partial charge in [-0.2, -0.15) is 5.26 Å². The van der Waals surface area contributed by atoms with Crippen molar-refractivity contribution in [3.63, 3.8) is 0 Å². The fraction of sp³-hybridized carbons (Fsp3) is 0.308. The molecule has 4 nitrogen and oxygen atoms in total. The molecule has 1 aliphatic carbocycles. The third-order valence-corrected chi connectivity index (χ3v) is 6.70. The lowest BCUT2D eigenvalue weighted by molar-refractivity contribution is -0.117. The average molecular weight is 396 g/mol. The van der Waals surface area contributed by atoms with E-state index in [1.54, 1.807) is 6.92 Å². The normalized spacial score (nSPS) is 23.3. The zero-order chi connectivity index (χ0) is 20.7. The van der Waals surface area contributed by atoms with Crippen LogP contribution >= 0.6 is 0 Å². The van der Waals surface area contributed by atoms with Crippen molar-refractivity contribution >= 4 is 22.4 Å². The number of para-hydroxylation sites is 1. The molecule has 1 aliphatic heterocycles. The summed E-state index contributed by atoms with van der Waals surface area (Å²) < 4.78 is 0. The van der Waals surface area contributed by atoms with Crippen molar-refractivity contribution in [2.24, 2.45) is 0 Å². The highest BCUT2D eigenvalue weighted by atomic mass is 16.2. The number of carbonyl (C=O) groups excluding carboxylic acids is 1. The first kappa shape index (κ1) is 18.8. The van der Waals surface area contributed by atoms with Crippen molar-refractivity contribution in [1.29, 1.82) is 5.26 Å². The number of rotatable bonds is 3. The molecule has 1 saturated heterocycles. The summed E-state index contributed by atoms with van der Waals surface area (Å²) in [7, 11) is 0. The van der Waals surface area contributed by atoms with Crippen LogP contribution in [0.5, 0.6) is 0 Å².